The average molecular weight is 371 g/mol. The summed E-state index contributed by atoms with van der Waals surface area (Å²) in [6, 6.07) is 5.44. The Morgan fingerprint density at radius 1 is 1.22 bits per heavy atom. The minimum atomic E-state index is -0.114. The van der Waals surface area contributed by atoms with Crippen molar-refractivity contribution in [1.29, 1.82) is 0 Å². The predicted octanol–water partition coefficient (Wildman–Crippen LogP) is 1.87. The highest BCUT2D eigenvalue weighted by Crippen LogP contribution is 2.21. The molecule has 8 heteroatoms. The Kier molecular flexibility index (Phi) is 6.18. The third-order valence-corrected chi connectivity index (χ3v) is 4.88. The van der Waals surface area contributed by atoms with Crippen LogP contribution in [0.5, 0.6) is 0 Å². The highest BCUT2D eigenvalue weighted by Gasteiger charge is 2.23. The van der Waals surface area contributed by atoms with Gasteiger partial charge in [-0.25, -0.2) is 0 Å². The number of anilines is 1. The molecule has 0 bridgehead atoms. The van der Waals surface area contributed by atoms with Gasteiger partial charge in [0.15, 0.2) is 0 Å². The number of methoxy groups -OCH3 is 1. The first kappa shape index (κ1) is 19.0. The minimum absolute atomic E-state index is 0.00968. The third kappa shape index (κ3) is 4.91. The van der Waals surface area contributed by atoms with Crippen molar-refractivity contribution in [3.05, 3.63) is 42.0 Å². The van der Waals surface area contributed by atoms with Crippen molar-refractivity contribution in [3.8, 4) is 0 Å². The van der Waals surface area contributed by atoms with Gasteiger partial charge in [-0.2, -0.15) is 0 Å². The molecule has 0 spiro atoms. The van der Waals surface area contributed by atoms with Gasteiger partial charge in [0.05, 0.1) is 6.10 Å². The summed E-state index contributed by atoms with van der Waals surface area (Å²) in [4.78, 5) is 26.9. The Labute approximate surface area is 158 Å². The van der Waals surface area contributed by atoms with E-state index in [1.807, 2.05) is 24.0 Å². The summed E-state index contributed by atoms with van der Waals surface area (Å²) >= 11 is 0. The number of nitrogens with zero attached hydrogens (tertiary/aromatic N) is 4. The molecule has 0 atom stereocenters. The predicted molar refractivity (Wildman–Crippen MR) is 100 cm³/mol. The Balaban J connectivity index is 1.61. The van der Waals surface area contributed by atoms with Gasteiger partial charge in [0, 0.05) is 44.4 Å². The van der Waals surface area contributed by atoms with E-state index in [9.17, 15) is 9.59 Å². The fourth-order valence-corrected chi connectivity index (χ4v) is 3.15. The normalized spacial score (nSPS) is 15.0. The number of benzene rings is 1. The molecule has 0 radical (unpaired) electrons. The highest BCUT2D eigenvalue weighted by molar-refractivity contribution is 5.97. The van der Waals surface area contributed by atoms with Gasteiger partial charge < -0.3 is 19.5 Å². The summed E-state index contributed by atoms with van der Waals surface area (Å²) in [6.45, 7) is 3.79. The second-order valence-electron chi connectivity index (χ2n) is 6.75. The number of likely N-dealkylation sites (tertiary alicyclic amines) is 1. The van der Waals surface area contributed by atoms with E-state index in [4.69, 9.17) is 4.74 Å². The van der Waals surface area contributed by atoms with E-state index in [1.165, 1.54) is 0 Å². The molecule has 0 unspecified atom stereocenters. The Bertz CT molecular complexity index is 783. The number of aromatic nitrogens is 3. The zero-order chi connectivity index (χ0) is 19.2. The van der Waals surface area contributed by atoms with E-state index >= 15 is 0 Å². The fraction of sp³-hybridized carbons (Fsp3) is 0.474. The van der Waals surface area contributed by atoms with Crippen LogP contribution < -0.4 is 5.32 Å². The zero-order valence-electron chi connectivity index (χ0n) is 15.7. The van der Waals surface area contributed by atoms with Crippen LogP contribution in [0.4, 0.5) is 5.69 Å². The van der Waals surface area contributed by atoms with Crippen molar-refractivity contribution in [3.63, 3.8) is 0 Å². The van der Waals surface area contributed by atoms with Gasteiger partial charge in [-0.15, -0.1) is 10.2 Å². The summed E-state index contributed by atoms with van der Waals surface area (Å²) in [7, 11) is 1.71. The lowest BCUT2D eigenvalue weighted by Crippen LogP contribution is -2.40. The summed E-state index contributed by atoms with van der Waals surface area (Å²) in [6.07, 6.45) is 5.38. The molecular formula is C19H25N5O3. The number of carbonyl (C=O) groups is 2. The SMILES string of the molecule is COC1CCN(C(=O)c2ccc(C)c(NC(=O)CCn3cnnc3)c2)CC1. The molecule has 2 heterocycles. The molecule has 2 aromatic rings. The molecule has 27 heavy (non-hydrogen) atoms. The van der Waals surface area contributed by atoms with Crippen LogP contribution in [0.15, 0.2) is 30.9 Å². The van der Waals surface area contributed by atoms with Crippen molar-refractivity contribution in [2.75, 3.05) is 25.5 Å². The largest absolute Gasteiger partial charge is 0.381 e. The molecule has 0 saturated carbocycles. The van der Waals surface area contributed by atoms with Crippen LogP contribution in [-0.2, 0) is 16.1 Å². The lowest BCUT2D eigenvalue weighted by Gasteiger charge is -2.31. The van der Waals surface area contributed by atoms with Crippen LogP contribution in [0, 0.1) is 6.92 Å². The van der Waals surface area contributed by atoms with Gasteiger partial charge >= 0.3 is 0 Å². The molecule has 3 rings (SSSR count). The maximum absolute atomic E-state index is 12.8. The number of amides is 2. The molecular weight excluding hydrogens is 346 g/mol. The Hall–Kier alpha value is -2.74. The molecule has 1 saturated heterocycles. The van der Waals surface area contributed by atoms with E-state index in [1.54, 1.807) is 30.4 Å². The number of carbonyl (C=O) groups excluding carboxylic acids is 2. The standard InChI is InChI=1S/C19H25N5O3/c1-14-3-4-15(19(26)24-9-5-16(27-2)6-10-24)11-17(14)22-18(25)7-8-23-12-20-21-13-23/h3-4,11-13,16H,5-10H2,1-2H3,(H,22,25). The van der Waals surface area contributed by atoms with Crippen LogP contribution in [0.2, 0.25) is 0 Å². The second kappa shape index (κ2) is 8.77. The quantitative estimate of drug-likeness (QED) is 0.837. The summed E-state index contributed by atoms with van der Waals surface area (Å²) in [5.41, 5.74) is 2.18. The number of rotatable bonds is 6. The molecule has 1 aliphatic heterocycles. The molecule has 1 fully saturated rings. The van der Waals surface area contributed by atoms with Crippen molar-refractivity contribution in [2.24, 2.45) is 0 Å². The molecule has 1 N–H and O–H groups in total. The lowest BCUT2D eigenvalue weighted by molar-refractivity contribution is -0.116. The van der Waals surface area contributed by atoms with Crippen molar-refractivity contribution in [2.45, 2.75) is 38.8 Å². The molecule has 1 aromatic carbocycles. The summed E-state index contributed by atoms with van der Waals surface area (Å²) in [5, 5.41) is 10.3. The molecule has 8 nitrogen and oxygen atoms in total. The maximum Gasteiger partial charge on any atom is 0.253 e. The number of nitrogens with one attached hydrogen (secondary N) is 1. The van der Waals surface area contributed by atoms with Gasteiger partial charge in [0.1, 0.15) is 12.7 Å². The van der Waals surface area contributed by atoms with Crippen molar-refractivity contribution in [1.82, 2.24) is 19.7 Å². The number of piperidine rings is 1. The first-order valence-corrected chi connectivity index (χ1v) is 9.12. The van der Waals surface area contributed by atoms with Crippen LogP contribution in [0.1, 0.15) is 35.2 Å². The monoisotopic (exact) mass is 371 g/mol. The van der Waals surface area contributed by atoms with Gasteiger partial charge in [0.25, 0.3) is 5.91 Å². The maximum atomic E-state index is 12.8. The summed E-state index contributed by atoms with van der Waals surface area (Å²) in [5.74, 6) is -0.123. The van der Waals surface area contributed by atoms with Crippen LogP contribution in [0.3, 0.4) is 0 Å². The highest BCUT2D eigenvalue weighted by atomic mass is 16.5. The lowest BCUT2D eigenvalue weighted by atomic mass is 10.0. The average Bonchev–Trinajstić information content (AvgIpc) is 3.21. The topological polar surface area (TPSA) is 89.4 Å². The first-order valence-electron chi connectivity index (χ1n) is 9.12. The molecule has 1 aliphatic rings. The van der Waals surface area contributed by atoms with Gasteiger partial charge in [-0.1, -0.05) is 6.07 Å². The molecule has 2 amide bonds. The smallest absolute Gasteiger partial charge is 0.253 e. The van der Waals surface area contributed by atoms with Gasteiger partial charge in [-0.05, 0) is 37.5 Å². The first-order chi connectivity index (χ1) is 13.1. The second-order valence-corrected chi connectivity index (χ2v) is 6.75. The molecule has 0 aliphatic carbocycles. The molecule has 144 valence electrons. The van der Waals surface area contributed by atoms with Crippen molar-refractivity contribution < 1.29 is 14.3 Å². The zero-order valence-corrected chi connectivity index (χ0v) is 15.7. The van der Waals surface area contributed by atoms with Gasteiger partial charge in [0.2, 0.25) is 5.91 Å². The van der Waals surface area contributed by atoms with E-state index in [0.717, 1.165) is 18.4 Å². The fourth-order valence-electron chi connectivity index (χ4n) is 3.15. The minimum Gasteiger partial charge on any atom is -0.381 e. The van der Waals surface area contributed by atoms with Crippen LogP contribution in [-0.4, -0.2) is 57.8 Å². The van der Waals surface area contributed by atoms with E-state index in [-0.39, 0.29) is 17.9 Å². The number of aryl methyl sites for hydroxylation is 2. The number of hydrogen-bond acceptors (Lipinski definition) is 5. The van der Waals surface area contributed by atoms with E-state index < -0.39 is 0 Å². The third-order valence-electron chi connectivity index (χ3n) is 4.88. The Morgan fingerprint density at radius 3 is 2.59 bits per heavy atom. The summed E-state index contributed by atoms with van der Waals surface area (Å²) < 4.78 is 7.10. The van der Waals surface area contributed by atoms with E-state index in [2.05, 4.69) is 15.5 Å². The van der Waals surface area contributed by atoms with Crippen LogP contribution in [0.25, 0.3) is 0 Å². The Morgan fingerprint density at radius 2 is 1.93 bits per heavy atom. The molecule has 1 aromatic heterocycles. The van der Waals surface area contributed by atoms with Gasteiger partial charge in [-0.3, -0.25) is 9.59 Å². The number of hydrogen-bond donors (Lipinski definition) is 1. The van der Waals surface area contributed by atoms with E-state index in [0.29, 0.717) is 37.3 Å². The number of ether oxygens (including phenoxy) is 1. The van der Waals surface area contributed by atoms with Crippen molar-refractivity contribution >= 4 is 17.5 Å². The van der Waals surface area contributed by atoms with Crippen LogP contribution >= 0.6 is 0 Å².